The average molecular weight is 305 g/mol. The van der Waals surface area contributed by atoms with Crippen LogP contribution in [0.3, 0.4) is 0 Å². The first-order valence-corrected chi connectivity index (χ1v) is 7.90. The molecule has 114 valence electrons. The fourth-order valence-electron chi connectivity index (χ4n) is 4.32. The molecule has 2 fully saturated rings. The maximum atomic E-state index is 12.6. The number of nitrogens with zero attached hydrogens (tertiary/aromatic N) is 2. The fraction of sp³-hybridized carbons (Fsp3) is 0.278. The van der Waals surface area contributed by atoms with Crippen LogP contribution in [-0.4, -0.2) is 28.0 Å². The lowest BCUT2D eigenvalue weighted by atomic mass is 9.85. The van der Waals surface area contributed by atoms with E-state index in [-0.39, 0.29) is 35.5 Å². The molecule has 0 radical (unpaired) electrons. The van der Waals surface area contributed by atoms with Crippen LogP contribution in [-0.2, 0) is 9.59 Å². The molecule has 2 bridgehead atoms. The molecule has 1 saturated carbocycles. The molecule has 1 aliphatic heterocycles. The number of rotatable bonds is 2. The molecule has 2 heterocycles. The summed E-state index contributed by atoms with van der Waals surface area (Å²) in [5.41, 5.74) is 1.88. The third kappa shape index (κ3) is 1.64. The molecular formula is C18H15N3O2. The number of aromatic amines is 1. The Morgan fingerprint density at radius 3 is 2.52 bits per heavy atom. The monoisotopic (exact) mass is 305 g/mol. The molecule has 2 aromatic rings. The van der Waals surface area contributed by atoms with Gasteiger partial charge in [0, 0.05) is 22.7 Å². The van der Waals surface area contributed by atoms with Crippen LogP contribution in [0, 0.1) is 23.7 Å². The first-order chi connectivity index (χ1) is 11.2. The van der Waals surface area contributed by atoms with Gasteiger partial charge in [0.05, 0.1) is 18.1 Å². The van der Waals surface area contributed by atoms with Crippen LogP contribution in [0.1, 0.15) is 12.0 Å². The predicted molar refractivity (Wildman–Crippen MR) is 85.5 cm³/mol. The van der Waals surface area contributed by atoms with Crippen LogP contribution in [0.25, 0.3) is 10.9 Å². The van der Waals surface area contributed by atoms with Gasteiger partial charge < -0.3 is 4.98 Å². The van der Waals surface area contributed by atoms with Gasteiger partial charge in [0.15, 0.2) is 0 Å². The molecule has 0 unspecified atom stereocenters. The van der Waals surface area contributed by atoms with E-state index in [1.807, 2.05) is 30.5 Å². The zero-order chi connectivity index (χ0) is 15.6. The van der Waals surface area contributed by atoms with Gasteiger partial charge in [-0.05, 0) is 24.3 Å². The number of hydrogen-bond acceptors (Lipinski definition) is 3. The van der Waals surface area contributed by atoms with Gasteiger partial charge in [-0.3, -0.25) is 9.59 Å². The number of H-pyrrole nitrogens is 1. The lowest BCUT2D eigenvalue weighted by molar-refractivity contribution is -0.140. The molecule has 3 aliphatic rings. The van der Waals surface area contributed by atoms with Crippen LogP contribution >= 0.6 is 0 Å². The molecule has 2 aliphatic carbocycles. The standard InChI is InChI=1S/C18H15N3O2/c22-17-15-10-5-6-11(7-10)16(15)18(23)21(17)20-9-12-8-19-14-4-2-1-3-13(12)14/h1-6,8-11,15-16,19H,7H2/b20-9-/t10-,11-,15-,16+/m0/s1. The van der Waals surface area contributed by atoms with Gasteiger partial charge in [-0.25, -0.2) is 0 Å². The largest absolute Gasteiger partial charge is 0.361 e. The Morgan fingerprint density at radius 1 is 1.09 bits per heavy atom. The van der Waals surface area contributed by atoms with Crippen molar-refractivity contribution in [3.8, 4) is 0 Å². The van der Waals surface area contributed by atoms with Gasteiger partial charge >= 0.3 is 0 Å². The molecule has 1 saturated heterocycles. The van der Waals surface area contributed by atoms with Gasteiger partial charge in [-0.1, -0.05) is 30.4 Å². The van der Waals surface area contributed by atoms with E-state index in [2.05, 4.69) is 22.2 Å². The quantitative estimate of drug-likeness (QED) is 0.525. The SMILES string of the molecule is O=C1[C@@H]2[C@H](C(=O)N1/N=C\c1c[nH]c3ccccc13)[C@H]1C=C[C@H]2C1. The summed E-state index contributed by atoms with van der Waals surface area (Å²) in [7, 11) is 0. The lowest BCUT2D eigenvalue weighted by Gasteiger charge is -2.13. The highest BCUT2D eigenvalue weighted by molar-refractivity contribution is 6.07. The first-order valence-electron chi connectivity index (χ1n) is 7.90. The average Bonchev–Trinajstić information content (AvgIpc) is 3.31. The Bertz CT molecular complexity index is 865. The molecule has 1 aromatic carbocycles. The number of nitrogens with one attached hydrogen (secondary N) is 1. The molecule has 23 heavy (non-hydrogen) atoms. The Hall–Kier alpha value is -2.69. The summed E-state index contributed by atoms with van der Waals surface area (Å²) in [5, 5.41) is 6.33. The normalized spacial score (nSPS) is 31.9. The van der Waals surface area contributed by atoms with E-state index in [1.165, 1.54) is 0 Å². The second-order valence-corrected chi connectivity index (χ2v) is 6.52. The number of carbonyl (C=O) groups excluding carboxylic acids is 2. The molecule has 1 N–H and O–H groups in total. The number of carbonyl (C=O) groups is 2. The molecular weight excluding hydrogens is 290 g/mol. The van der Waals surface area contributed by atoms with E-state index >= 15 is 0 Å². The van der Waals surface area contributed by atoms with Gasteiger partial charge in [0.1, 0.15) is 0 Å². The molecule has 5 rings (SSSR count). The van der Waals surface area contributed by atoms with Crippen molar-refractivity contribution in [2.75, 3.05) is 0 Å². The van der Waals surface area contributed by atoms with Crippen molar-refractivity contribution in [2.24, 2.45) is 28.8 Å². The number of fused-ring (bicyclic) bond motifs is 6. The van der Waals surface area contributed by atoms with Crippen molar-refractivity contribution in [1.82, 2.24) is 9.99 Å². The number of hydrogen-bond donors (Lipinski definition) is 1. The summed E-state index contributed by atoms with van der Waals surface area (Å²) >= 11 is 0. The highest BCUT2D eigenvalue weighted by Crippen LogP contribution is 2.52. The van der Waals surface area contributed by atoms with Gasteiger partial charge in [-0.15, -0.1) is 0 Å². The molecule has 5 nitrogen and oxygen atoms in total. The van der Waals surface area contributed by atoms with E-state index in [4.69, 9.17) is 0 Å². The Labute approximate surface area is 132 Å². The minimum absolute atomic E-state index is 0.145. The van der Waals surface area contributed by atoms with Crippen molar-refractivity contribution in [3.63, 3.8) is 0 Å². The van der Waals surface area contributed by atoms with Gasteiger partial charge in [0.2, 0.25) is 0 Å². The number of imide groups is 1. The Kier molecular flexibility index (Phi) is 2.46. The zero-order valence-corrected chi connectivity index (χ0v) is 12.3. The number of aromatic nitrogens is 1. The number of amides is 2. The minimum Gasteiger partial charge on any atom is -0.361 e. The summed E-state index contributed by atoms with van der Waals surface area (Å²) < 4.78 is 0. The second kappa shape index (κ2) is 4.41. The summed E-state index contributed by atoms with van der Waals surface area (Å²) in [4.78, 5) is 28.3. The maximum absolute atomic E-state index is 12.6. The minimum atomic E-state index is -0.197. The highest BCUT2D eigenvalue weighted by Gasteiger charge is 2.59. The summed E-state index contributed by atoms with van der Waals surface area (Å²) in [5.74, 6) is -0.249. The lowest BCUT2D eigenvalue weighted by Crippen LogP contribution is -2.28. The Balaban J connectivity index is 1.47. The van der Waals surface area contributed by atoms with Gasteiger partial charge in [0.25, 0.3) is 11.8 Å². The van der Waals surface area contributed by atoms with Crippen molar-refractivity contribution in [3.05, 3.63) is 48.2 Å². The van der Waals surface area contributed by atoms with E-state index in [9.17, 15) is 9.59 Å². The smallest absolute Gasteiger partial charge is 0.254 e. The van der Waals surface area contributed by atoms with Crippen LogP contribution in [0.4, 0.5) is 0 Å². The third-order valence-electron chi connectivity index (χ3n) is 5.38. The third-order valence-corrected chi connectivity index (χ3v) is 5.38. The van der Waals surface area contributed by atoms with E-state index in [0.29, 0.717) is 0 Å². The Morgan fingerprint density at radius 2 is 1.78 bits per heavy atom. The molecule has 4 atom stereocenters. The predicted octanol–water partition coefficient (Wildman–Crippen LogP) is 2.31. The topological polar surface area (TPSA) is 65.5 Å². The number of benzene rings is 1. The van der Waals surface area contributed by atoms with E-state index in [0.717, 1.165) is 27.9 Å². The van der Waals surface area contributed by atoms with Crippen molar-refractivity contribution < 1.29 is 9.59 Å². The van der Waals surface area contributed by atoms with Crippen LogP contribution in [0.15, 0.2) is 47.7 Å². The molecule has 0 spiro atoms. The molecule has 5 heteroatoms. The van der Waals surface area contributed by atoms with Crippen LogP contribution < -0.4 is 0 Å². The first kappa shape index (κ1) is 12.8. The van der Waals surface area contributed by atoms with Crippen molar-refractivity contribution >= 4 is 28.9 Å². The van der Waals surface area contributed by atoms with Crippen molar-refractivity contribution in [1.29, 1.82) is 0 Å². The number of allylic oxidation sites excluding steroid dienone is 2. The van der Waals surface area contributed by atoms with E-state index in [1.54, 1.807) is 6.21 Å². The number of para-hydroxylation sites is 1. The van der Waals surface area contributed by atoms with Crippen LogP contribution in [0.5, 0.6) is 0 Å². The molecule has 1 aromatic heterocycles. The second-order valence-electron chi connectivity index (χ2n) is 6.52. The van der Waals surface area contributed by atoms with Crippen molar-refractivity contribution in [2.45, 2.75) is 6.42 Å². The summed E-state index contributed by atoms with van der Waals surface area (Å²) in [6.07, 6.45) is 8.55. The maximum Gasteiger partial charge on any atom is 0.254 e. The molecule has 2 amide bonds. The van der Waals surface area contributed by atoms with E-state index < -0.39 is 0 Å². The summed E-state index contributed by atoms with van der Waals surface area (Å²) in [6, 6.07) is 7.87. The van der Waals surface area contributed by atoms with Gasteiger partial charge in [-0.2, -0.15) is 10.1 Å². The fourth-order valence-corrected chi connectivity index (χ4v) is 4.32. The van der Waals surface area contributed by atoms with Crippen LogP contribution in [0.2, 0.25) is 0 Å². The number of hydrazone groups is 1. The summed E-state index contributed by atoms with van der Waals surface area (Å²) in [6.45, 7) is 0. The highest BCUT2D eigenvalue weighted by atomic mass is 16.2. The zero-order valence-electron chi connectivity index (χ0n) is 12.3.